The topological polar surface area (TPSA) is 33.1 Å². The summed E-state index contributed by atoms with van der Waals surface area (Å²) in [4.78, 5) is 2.54. The van der Waals surface area contributed by atoms with Gasteiger partial charge in [0.2, 0.25) is 0 Å². The van der Waals surface area contributed by atoms with E-state index in [-0.39, 0.29) is 0 Å². The lowest BCUT2D eigenvalue weighted by atomic mass is 9.98. The third kappa shape index (κ3) is 3.12. The second kappa shape index (κ2) is 5.81. The molecule has 4 nitrogen and oxygen atoms in total. The number of halogens is 1. The van der Waals surface area contributed by atoms with Crippen LogP contribution in [0.3, 0.4) is 0 Å². The third-order valence-electron chi connectivity index (χ3n) is 4.05. The first-order chi connectivity index (χ1) is 8.90. The van der Waals surface area contributed by atoms with Crippen LogP contribution in [0.25, 0.3) is 0 Å². The predicted molar refractivity (Wildman–Crippen MR) is 79.5 cm³/mol. The molecule has 0 aliphatic carbocycles. The Morgan fingerprint density at radius 1 is 1.47 bits per heavy atom. The minimum absolute atomic E-state index is 0.533. The zero-order valence-corrected chi connectivity index (χ0v) is 13.3. The quantitative estimate of drug-likeness (QED) is 0.924. The first-order valence-corrected chi connectivity index (χ1v) is 7.43. The van der Waals surface area contributed by atoms with Crippen LogP contribution in [-0.2, 0) is 13.6 Å². The van der Waals surface area contributed by atoms with E-state index in [1.807, 2.05) is 14.0 Å². The van der Waals surface area contributed by atoms with Gasteiger partial charge in [-0.3, -0.25) is 9.58 Å². The van der Waals surface area contributed by atoms with Crippen molar-refractivity contribution in [1.29, 1.82) is 0 Å². The first-order valence-electron chi connectivity index (χ1n) is 7.05. The Balaban J connectivity index is 2.18. The lowest BCUT2D eigenvalue weighted by Crippen LogP contribution is -2.56. The van der Waals surface area contributed by atoms with Crippen molar-refractivity contribution in [1.82, 2.24) is 20.0 Å². The summed E-state index contributed by atoms with van der Waals surface area (Å²) in [5.74, 6) is 0.635. The van der Waals surface area contributed by atoms with E-state index in [0.29, 0.717) is 18.0 Å². The van der Waals surface area contributed by atoms with Crippen LogP contribution in [0.4, 0.5) is 0 Å². The number of piperazine rings is 1. The summed E-state index contributed by atoms with van der Waals surface area (Å²) in [7, 11) is 1.90. The smallest absolute Gasteiger partial charge is 0.131 e. The average molecular weight is 285 g/mol. The highest BCUT2D eigenvalue weighted by atomic mass is 35.5. The summed E-state index contributed by atoms with van der Waals surface area (Å²) in [6, 6.07) is 1.10. The molecular formula is C14H25ClN4. The molecular weight excluding hydrogens is 260 g/mol. The van der Waals surface area contributed by atoms with Crippen molar-refractivity contribution in [3.63, 3.8) is 0 Å². The number of hydrogen-bond acceptors (Lipinski definition) is 3. The highest BCUT2D eigenvalue weighted by Gasteiger charge is 2.29. The van der Waals surface area contributed by atoms with E-state index in [4.69, 9.17) is 11.6 Å². The number of aromatic nitrogens is 2. The van der Waals surface area contributed by atoms with E-state index in [1.54, 1.807) is 4.68 Å². The number of nitrogens with one attached hydrogen (secondary N) is 1. The van der Waals surface area contributed by atoms with Crippen LogP contribution in [0, 0.1) is 12.8 Å². The molecule has 1 fully saturated rings. The number of rotatable bonds is 3. The summed E-state index contributed by atoms with van der Waals surface area (Å²) < 4.78 is 1.77. The summed E-state index contributed by atoms with van der Waals surface area (Å²) in [6.45, 7) is 11.9. The second-order valence-corrected chi connectivity index (χ2v) is 6.39. The van der Waals surface area contributed by atoms with Gasteiger partial charge in [-0.1, -0.05) is 25.4 Å². The molecule has 0 bridgehead atoms. The number of aryl methyl sites for hydroxylation is 2. The van der Waals surface area contributed by atoms with Crippen LogP contribution in [0.15, 0.2) is 0 Å². The van der Waals surface area contributed by atoms with Crippen LogP contribution >= 0.6 is 11.6 Å². The van der Waals surface area contributed by atoms with E-state index in [0.717, 1.165) is 30.5 Å². The van der Waals surface area contributed by atoms with E-state index < -0.39 is 0 Å². The van der Waals surface area contributed by atoms with E-state index in [2.05, 4.69) is 36.1 Å². The van der Waals surface area contributed by atoms with E-state index in [1.165, 1.54) is 5.56 Å². The lowest BCUT2D eigenvalue weighted by molar-refractivity contribution is 0.0954. The van der Waals surface area contributed by atoms with Gasteiger partial charge in [-0.15, -0.1) is 0 Å². The third-order valence-corrected chi connectivity index (χ3v) is 4.53. The number of hydrogen-bond donors (Lipinski definition) is 1. The normalized spacial score (nSPS) is 25.2. The maximum Gasteiger partial charge on any atom is 0.131 e. The van der Waals surface area contributed by atoms with Gasteiger partial charge in [0.15, 0.2) is 0 Å². The summed E-state index contributed by atoms with van der Waals surface area (Å²) in [5.41, 5.74) is 2.21. The van der Waals surface area contributed by atoms with Crippen LogP contribution in [0.2, 0.25) is 5.15 Å². The largest absolute Gasteiger partial charge is 0.311 e. The predicted octanol–water partition coefficient (Wildman–Crippen LogP) is 2.20. The van der Waals surface area contributed by atoms with Crippen molar-refractivity contribution < 1.29 is 0 Å². The second-order valence-electron chi connectivity index (χ2n) is 6.03. The fourth-order valence-electron chi connectivity index (χ4n) is 2.90. The van der Waals surface area contributed by atoms with Crippen molar-refractivity contribution in [2.45, 2.75) is 46.3 Å². The molecule has 2 unspecified atom stereocenters. The molecule has 1 saturated heterocycles. The van der Waals surface area contributed by atoms with Gasteiger partial charge < -0.3 is 5.32 Å². The Hall–Kier alpha value is -0.580. The van der Waals surface area contributed by atoms with Crippen molar-refractivity contribution in [2.75, 3.05) is 13.1 Å². The molecule has 0 aromatic carbocycles. The molecule has 0 amide bonds. The molecule has 108 valence electrons. The molecule has 2 heterocycles. The van der Waals surface area contributed by atoms with Crippen molar-refractivity contribution in [3.05, 3.63) is 16.4 Å². The van der Waals surface area contributed by atoms with Crippen LogP contribution in [0.5, 0.6) is 0 Å². The van der Waals surface area contributed by atoms with Gasteiger partial charge in [-0.25, -0.2) is 0 Å². The van der Waals surface area contributed by atoms with Crippen molar-refractivity contribution >= 4 is 11.6 Å². The minimum Gasteiger partial charge on any atom is -0.311 e. The molecule has 0 saturated carbocycles. The average Bonchev–Trinajstić information content (AvgIpc) is 2.56. The molecule has 1 aromatic heterocycles. The standard InChI is InChI=1S/C14H25ClN4/c1-9(2)13-6-16-10(3)7-19(13)8-12-11(4)17-18(5)14(12)15/h9-10,13,16H,6-8H2,1-5H3. The van der Waals surface area contributed by atoms with Crippen LogP contribution < -0.4 is 5.32 Å². The van der Waals surface area contributed by atoms with Crippen molar-refractivity contribution in [2.24, 2.45) is 13.0 Å². The minimum atomic E-state index is 0.533. The summed E-state index contributed by atoms with van der Waals surface area (Å²) in [6.07, 6.45) is 0. The first kappa shape index (κ1) is 14.8. The molecule has 19 heavy (non-hydrogen) atoms. The molecule has 1 aliphatic heterocycles. The lowest BCUT2D eigenvalue weighted by Gasteiger charge is -2.41. The fraction of sp³-hybridized carbons (Fsp3) is 0.786. The molecule has 1 aliphatic rings. The van der Waals surface area contributed by atoms with Gasteiger partial charge in [0.05, 0.1) is 5.69 Å². The number of nitrogens with zero attached hydrogens (tertiary/aromatic N) is 3. The van der Waals surface area contributed by atoms with Gasteiger partial charge in [-0.2, -0.15) is 5.10 Å². The molecule has 2 atom stereocenters. The zero-order valence-electron chi connectivity index (χ0n) is 12.6. The summed E-state index contributed by atoms with van der Waals surface area (Å²) in [5, 5.41) is 8.75. The zero-order chi connectivity index (χ0) is 14.2. The monoisotopic (exact) mass is 284 g/mol. The van der Waals surface area contributed by atoms with E-state index in [9.17, 15) is 0 Å². The molecule has 1 aromatic rings. The van der Waals surface area contributed by atoms with Gasteiger partial charge in [0.25, 0.3) is 0 Å². The Labute approximate surface area is 121 Å². The molecule has 5 heteroatoms. The Kier molecular flexibility index (Phi) is 4.54. The van der Waals surface area contributed by atoms with Crippen LogP contribution in [0.1, 0.15) is 32.0 Å². The van der Waals surface area contributed by atoms with Gasteiger partial charge in [0, 0.05) is 44.3 Å². The molecule has 1 N–H and O–H groups in total. The fourth-order valence-corrected chi connectivity index (χ4v) is 3.13. The highest BCUT2D eigenvalue weighted by molar-refractivity contribution is 6.30. The SMILES string of the molecule is Cc1nn(C)c(Cl)c1CN1CC(C)NCC1C(C)C. The van der Waals surface area contributed by atoms with Crippen LogP contribution in [-0.4, -0.2) is 39.9 Å². The highest BCUT2D eigenvalue weighted by Crippen LogP contribution is 2.24. The molecule has 0 spiro atoms. The van der Waals surface area contributed by atoms with Gasteiger partial charge >= 0.3 is 0 Å². The Morgan fingerprint density at radius 2 is 2.16 bits per heavy atom. The van der Waals surface area contributed by atoms with E-state index >= 15 is 0 Å². The molecule has 0 radical (unpaired) electrons. The van der Waals surface area contributed by atoms with Gasteiger partial charge in [-0.05, 0) is 19.8 Å². The maximum atomic E-state index is 6.36. The Morgan fingerprint density at radius 3 is 2.68 bits per heavy atom. The summed E-state index contributed by atoms with van der Waals surface area (Å²) >= 11 is 6.36. The molecule has 2 rings (SSSR count). The van der Waals surface area contributed by atoms with Crippen molar-refractivity contribution in [3.8, 4) is 0 Å². The van der Waals surface area contributed by atoms with Gasteiger partial charge in [0.1, 0.15) is 5.15 Å². The Bertz CT molecular complexity index is 441. The maximum absolute atomic E-state index is 6.36.